The maximum atomic E-state index is 11.0. The monoisotopic (exact) mass is 239 g/mol. The molecule has 0 fully saturated rings. The molecule has 4 heteroatoms. The standard InChI is InChI=1S/C13H21NO3/c1-9(2)11(15)10-5-6-14(7-10)8-13(3,4)12(16)17/h5-7,9,11,15H,8H2,1-4H3,(H,16,17). The first kappa shape index (κ1) is 13.8. The van der Waals surface area contributed by atoms with Crippen molar-refractivity contribution in [3.05, 3.63) is 24.0 Å². The van der Waals surface area contributed by atoms with Gasteiger partial charge in [0, 0.05) is 18.9 Å². The molecule has 0 saturated carbocycles. The highest BCUT2D eigenvalue weighted by molar-refractivity contribution is 5.73. The molecule has 0 amide bonds. The molecule has 1 aromatic heterocycles. The quantitative estimate of drug-likeness (QED) is 0.828. The summed E-state index contributed by atoms with van der Waals surface area (Å²) in [6, 6.07) is 1.84. The lowest BCUT2D eigenvalue weighted by atomic mass is 9.94. The molecule has 4 nitrogen and oxygen atoms in total. The van der Waals surface area contributed by atoms with Crippen LogP contribution in [0.1, 0.15) is 39.4 Å². The fourth-order valence-corrected chi connectivity index (χ4v) is 1.64. The lowest BCUT2D eigenvalue weighted by Crippen LogP contribution is -2.28. The van der Waals surface area contributed by atoms with Crippen LogP contribution in [0.3, 0.4) is 0 Å². The van der Waals surface area contributed by atoms with Crippen molar-refractivity contribution in [2.24, 2.45) is 11.3 Å². The number of rotatable bonds is 5. The van der Waals surface area contributed by atoms with Gasteiger partial charge in [0.15, 0.2) is 0 Å². The Hall–Kier alpha value is -1.29. The predicted molar refractivity (Wildman–Crippen MR) is 65.6 cm³/mol. The average Bonchev–Trinajstić information content (AvgIpc) is 2.63. The summed E-state index contributed by atoms with van der Waals surface area (Å²) in [6.45, 7) is 7.67. The smallest absolute Gasteiger partial charge is 0.310 e. The third-order valence-corrected chi connectivity index (χ3v) is 2.90. The van der Waals surface area contributed by atoms with E-state index in [1.54, 1.807) is 13.8 Å². The topological polar surface area (TPSA) is 62.5 Å². The zero-order chi connectivity index (χ0) is 13.2. The molecule has 0 radical (unpaired) electrons. The minimum Gasteiger partial charge on any atom is -0.481 e. The fraction of sp³-hybridized carbons (Fsp3) is 0.615. The molecule has 96 valence electrons. The second-order valence-electron chi connectivity index (χ2n) is 5.50. The lowest BCUT2D eigenvalue weighted by molar-refractivity contribution is -0.147. The Balaban J connectivity index is 2.79. The van der Waals surface area contributed by atoms with Crippen molar-refractivity contribution in [2.45, 2.75) is 40.3 Å². The van der Waals surface area contributed by atoms with Crippen molar-refractivity contribution in [1.29, 1.82) is 0 Å². The number of aliphatic hydroxyl groups excluding tert-OH is 1. The van der Waals surface area contributed by atoms with Gasteiger partial charge in [-0.05, 0) is 31.4 Å². The Labute approximate surface area is 102 Å². The van der Waals surface area contributed by atoms with E-state index in [2.05, 4.69) is 0 Å². The minimum absolute atomic E-state index is 0.151. The van der Waals surface area contributed by atoms with E-state index in [-0.39, 0.29) is 5.92 Å². The third kappa shape index (κ3) is 3.33. The zero-order valence-electron chi connectivity index (χ0n) is 10.8. The van der Waals surface area contributed by atoms with Crippen molar-refractivity contribution in [3.63, 3.8) is 0 Å². The summed E-state index contributed by atoms with van der Waals surface area (Å²) in [6.07, 6.45) is 3.13. The second-order valence-corrected chi connectivity index (χ2v) is 5.50. The normalized spacial score (nSPS) is 14.0. The number of carbonyl (C=O) groups is 1. The summed E-state index contributed by atoms with van der Waals surface area (Å²) in [5.74, 6) is -0.671. The molecule has 0 aromatic carbocycles. The number of aromatic nitrogens is 1. The first-order valence-corrected chi connectivity index (χ1v) is 5.81. The highest BCUT2D eigenvalue weighted by atomic mass is 16.4. The molecule has 0 saturated heterocycles. The van der Waals surface area contributed by atoms with Gasteiger partial charge >= 0.3 is 5.97 Å². The van der Waals surface area contributed by atoms with Crippen LogP contribution in [-0.4, -0.2) is 20.7 Å². The van der Waals surface area contributed by atoms with E-state index in [4.69, 9.17) is 5.11 Å². The number of hydrogen-bond acceptors (Lipinski definition) is 2. The van der Waals surface area contributed by atoms with E-state index >= 15 is 0 Å². The zero-order valence-corrected chi connectivity index (χ0v) is 10.8. The van der Waals surface area contributed by atoms with Gasteiger partial charge in [0.25, 0.3) is 0 Å². The summed E-state index contributed by atoms with van der Waals surface area (Å²) >= 11 is 0. The molecule has 1 heterocycles. The van der Waals surface area contributed by atoms with Crippen LogP contribution in [0.2, 0.25) is 0 Å². The van der Waals surface area contributed by atoms with E-state index in [0.717, 1.165) is 5.56 Å². The van der Waals surface area contributed by atoms with Crippen LogP contribution in [0.4, 0.5) is 0 Å². The predicted octanol–water partition coefficient (Wildman–Crippen LogP) is 2.29. The summed E-state index contributed by atoms with van der Waals surface area (Å²) in [7, 11) is 0. The lowest BCUT2D eigenvalue weighted by Gasteiger charge is -2.19. The van der Waals surface area contributed by atoms with Crippen LogP contribution in [0.25, 0.3) is 0 Å². The average molecular weight is 239 g/mol. The third-order valence-electron chi connectivity index (χ3n) is 2.90. The van der Waals surface area contributed by atoms with Gasteiger partial charge in [-0.1, -0.05) is 13.8 Å². The Morgan fingerprint density at radius 2 is 2.06 bits per heavy atom. The minimum atomic E-state index is -0.822. The molecule has 1 aromatic rings. The Bertz CT molecular complexity index is 393. The Morgan fingerprint density at radius 3 is 2.53 bits per heavy atom. The summed E-state index contributed by atoms with van der Waals surface area (Å²) in [5.41, 5.74) is 0.0280. The highest BCUT2D eigenvalue weighted by Gasteiger charge is 2.27. The van der Waals surface area contributed by atoms with Gasteiger partial charge in [-0.2, -0.15) is 0 Å². The molecular formula is C13H21NO3. The molecule has 1 unspecified atom stereocenters. The van der Waals surface area contributed by atoms with Gasteiger partial charge in [-0.15, -0.1) is 0 Å². The van der Waals surface area contributed by atoms with Gasteiger partial charge in [0.05, 0.1) is 11.5 Å². The van der Waals surface area contributed by atoms with Crippen molar-refractivity contribution in [1.82, 2.24) is 4.57 Å². The number of nitrogens with zero attached hydrogens (tertiary/aromatic N) is 1. The van der Waals surface area contributed by atoms with Crippen LogP contribution in [0, 0.1) is 11.3 Å². The summed E-state index contributed by atoms with van der Waals surface area (Å²) in [4.78, 5) is 11.0. The van der Waals surface area contributed by atoms with E-state index in [1.807, 2.05) is 36.9 Å². The number of carboxylic acids is 1. The van der Waals surface area contributed by atoms with Crippen molar-refractivity contribution >= 4 is 5.97 Å². The van der Waals surface area contributed by atoms with E-state index < -0.39 is 17.5 Å². The van der Waals surface area contributed by atoms with E-state index in [0.29, 0.717) is 6.54 Å². The largest absolute Gasteiger partial charge is 0.481 e. The van der Waals surface area contributed by atoms with E-state index in [1.165, 1.54) is 0 Å². The van der Waals surface area contributed by atoms with Crippen LogP contribution < -0.4 is 0 Å². The number of aliphatic hydroxyl groups is 1. The number of aliphatic carboxylic acids is 1. The Morgan fingerprint density at radius 1 is 1.47 bits per heavy atom. The maximum absolute atomic E-state index is 11.0. The summed E-state index contributed by atoms with van der Waals surface area (Å²) < 4.78 is 1.81. The van der Waals surface area contributed by atoms with Crippen LogP contribution in [-0.2, 0) is 11.3 Å². The maximum Gasteiger partial charge on any atom is 0.310 e. The fourth-order valence-electron chi connectivity index (χ4n) is 1.64. The van der Waals surface area contributed by atoms with Crippen LogP contribution in [0.15, 0.2) is 18.5 Å². The van der Waals surface area contributed by atoms with Crippen LogP contribution in [0.5, 0.6) is 0 Å². The van der Waals surface area contributed by atoms with E-state index in [9.17, 15) is 9.90 Å². The second kappa shape index (κ2) is 4.92. The highest BCUT2D eigenvalue weighted by Crippen LogP contribution is 2.24. The van der Waals surface area contributed by atoms with Gasteiger partial charge in [0.1, 0.15) is 0 Å². The van der Waals surface area contributed by atoms with Crippen LogP contribution >= 0.6 is 0 Å². The molecule has 0 aliphatic rings. The van der Waals surface area contributed by atoms with Crippen molar-refractivity contribution < 1.29 is 15.0 Å². The molecular weight excluding hydrogens is 218 g/mol. The van der Waals surface area contributed by atoms with Gasteiger partial charge in [-0.25, -0.2) is 0 Å². The molecule has 0 bridgehead atoms. The molecule has 0 spiro atoms. The Kier molecular flexibility index (Phi) is 3.98. The first-order valence-electron chi connectivity index (χ1n) is 5.81. The molecule has 0 aliphatic heterocycles. The first-order chi connectivity index (χ1) is 7.74. The SMILES string of the molecule is CC(C)C(O)c1ccn(CC(C)(C)C(=O)O)c1. The molecule has 0 aliphatic carbocycles. The number of hydrogen-bond donors (Lipinski definition) is 2. The van der Waals surface area contributed by atoms with Crippen molar-refractivity contribution in [3.8, 4) is 0 Å². The molecule has 2 N–H and O–H groups in total. The number of carboxylic acid groups (broad SMARTS) is 1. The van der Waals surface area contributed by atoms with Gasteiger partial charge < -0.3 is 14.8 Å². The summed E-state index contributed by atoms with van der Waals surface area (Å²) in [5, 5.41) is 18.9. The van der Waals surface area contributed by atoms with Gasteiger partial charge in [-0.3, -0.25) is 4.79 Å². The molecule has 1 atom stereocenters. The molecule has 17 heavy (non-hydrogen) atoms. The molecule has 1 rings (SSSR count). The van der Waals surface area contributed by atoms with Crippen molar-refractivity contribution in [2.75, 3.05) is 0 Å². The van der Waals surface area contributed by atoms with Gasteiger partial charge in [0.2, 0.25) is 0 Å².